The van der Waals surface area contributed by atoms with E-state index < -0.39 is 0 Å². The van der Waals surface area contributed by atoms with Crippen molar-refractivity contribution in [3.8, 4) is 0 Å². The van der Waals surface area contributed by atoms with Crippen LogP contribution in [0.1, 0.15) is 29.8 Å². The van der Waals surface area contributed by atoms with Crippen molar-refractivity contribution >= 4 is 17.3 Å². The van der Waals surface area contributed by atoms with E-state index in [1.807, 2.05) is 44.2 Å². The molecule has 2 aromatic carbocycles. The van der Waals surface area contributed by atoms with Crippen molar-refractivity contribution in [3.05, 3.63) is 65.7 Å². The summed E-state index contributed by atoms with van der Waals surface area (Å²) < 4.78 is 0. The van der Waals surface area contributed by atoms with Crippen LogP contribution in [0.15, 0.2) is 59.7 Å². The maximum absolute atomic E-state index is 12.1. The van der Waals surface area contributed by atoms with Crippen LogP contribution in [0.25, 0.3) is 0 Å². The van der Waals surface area contributed by atoms with E-state index in [0.717, 1.165) is 11.3 Å². The first-order valence-electron chi connectivity index (χ1n) is 6.87. The summed E-state index contributed by atoms with van der Waals surface area (Å²) in [5.74, 6) is -0.0387. The molecule has 4 heteroatoms. The second-order valence-electron chi connectivity index (χ2n) is 5.08. The maximum atomic E-state index is 12.1. The van der Waals surface area contributed by atoms with Gasteiger partial charge in [0.2, 0.25) is 0 Å². The van der Waals surface area contributed by atoms with Crippen LogP contribution in [0.3, 0.4) is 0 Å². The van der Waals surface area contributed by atoms with Crippen LogP contribution in [0.4, 0.5) is 5.69 Å². The molecule has 0 aliphatic carbocycles. The van der Waals surface area contributed by atoms with Crippen molar-refractivity contribution < 1.29 is 4.79 Å². The van der Waals surface area contributed by atoms with Crippen molar-refractivity contribution in [2.24, 2.45) is 11.0 Å². The largest absolute Gasteiger partial charge is 0.399 e. The van der Waals surface area contributed by atoms with Crippen LogP contribution in [-0.4, -0.2) is 11.6 Å². The number of hydrazone groups is 1. The van der Waals surface area contributed by atoms with Gasteiger partial charge in [0.05, 0.1) is 5.71 Å². The van der Waals surface area contributed by atoms with Gasteiger partial charge in [-0.05, 0) is 35.7 Å². The van der Waals surface area contributed by atoms with E-state index in [1.165, 1.54) is 0 Å². The zero-order valence-corrected chi connectivity index (χ0v) is 12.2. The van der Waals surface area contributed by atoms with E-state index in [9.17, 15) is 4.79 Å². The number of anilines is 1. The number of nitrogen functional groups attached to an aromatic ring is 1. The highest BCUT2D eigenvalue weighted by molar-refractivity contribution is 6.03. The number of nitrogens with two attached hydrogens (primary N) is 1. The average Bonchev–Trinajstić information content (AvgIpc) is 2.48. The summed E-state index contributed by atoms with van der Waals surface area (Å²) in [6.45, 7) is 4.09. The van der Waals surface area contributed by atoms with Gasteiger partial charge in [0, 0.05) is 11.3 Å². The number of carbonyl (C=O) groups excluding carboxylic acids is 1. The smallest absolute Gasteiger partial charge is 0.271 e. The molecule has 0 saturated carbocycles. The van der Waals surface area contributed by atoms with E-state index in [4.69, 9.17) is 5.73 Å². The Balaban J connectivity index is 2.17. The van der Waals surface area contributed by atoms with Crippen LogP contribution < -0.4 is 11.2 Å². The number of nitrogens with one attached hydrogen (secondary N) is 1. The molecule has 108 valence electrons. The first-order chi connectivity index (χ1) is 10.1. The van der Waals surface area contributed by atoms with Crippen LogP contribution in [0.5, 0.6) is 0 Å². The Morgan fingerprint density at radius 1 is 1.00 bits per heavy atom. The molecular weight excluding hydrogens is 262 g/mol. The summed E-state index contributed by atoms with van der Waals surface area (Å²) in [5, 5.41) is 4.28. The maximum Gasteiger partial charge on any atom is 0.271 e. The highest BCUT2D eigenvalue weighted by Gasteiger charge is 2.10. The Morgan fingerprint density at radius 2 is 1.62 bits per heavy atom. The molecule has 0 spiro atoms. The van der Waals surface area contributed by atoms with Crippen LogP contribution in [0.2, 0.25) is 0 Å². The van der Waals surface area contributed by atoms with E-state index in [0.29, 0.717) is 11.3 Å². The molecule has 4 nitrogen and oxygen atoms in total. The molecule has 21 heavy (non-hydrogen) atoms. The third-order valence-corrected chi connectivity index (χ3v) is 3.07. The van der Waals surface area contributed by atoms with Gasteiger partial charge < -0.3 is 5.73 Å². The van der Waals surface area contributed by atoms with Gasteiger partial charge in [-0.2, -0.15) is 5.10 Å². The number of hydrogen-bond acceptors (Lipinski definition) is 3. The zero-order valence-electron chi connectivity index (χ0n) is 12.2. The summed E-state index contributed by atoms with van der Waals surface area (Å²) in [4.78, 5) is 12.1. The van der Waals surface area contributed by atoms with Crippen molar-refractivity contribution in [1.29, 1.82) is 0 Å². The number of carbonyl (C=O) groups is 1. The van der Waals surface area contributed by atoms with Crippen molar-refractivity contribution in [2.75, 3.05) is 5.73 Å². The monoisotopic (exact) mass is 281 g/mol. The highest BCUT2D eigenvalue weighted by Crippen LogP contribution is 2.10. The molecule has 0 heterocycles. The zero-order chi connectivity index (χ0) is 15.2. The predicted octanol–water partition coefficient (Wildman–Crippen LogP) is 3.06. The molecule has 3 N–H and O–H groups in total. The summed E-state index contributed by atoms with van der Waals surface area (Å²) in [6, 6.07) is 16.6. The lowest BCUT2D eigenvalue weighted by atomic mass is 10.0. The first kappa shape index (κ1) is 14.8. The van der Waals surface area contributed by atoms with Gasteiger partial charge in [-0.3, -0.25) is 4.79 Å². The lowest BCUT2D eigenvalue weighted by Crippen LogP contribution is -2.22. The Hall–Kier alpha value is -2.62. The molecule has 0 fully saturated rings. The summed E-state index contributed by atoms with van der Waals surface area (Å²) in [6.07, 6.45) is 0. The minimum atomic E-state index is -0.246. The second kappa shape index (κ2) is 6.70. The average molecular weight is 281 g/mol. The quantitative estimate of drug-likeness (QED) is 0.514. The van der Waals surface area contributed by atoms with E-state index in [2.05, 4.69) is 10.5 Å². The lowest BCUT2D eigenvalue weighted by molar-refractivity contribution is 0.0954. The summed E-state index contributed by atoms with van der Waals surface area (Å²) in [7, 11) is 0. The Morgan fingerprint density at radius 3 is 2.19 bits per heavy atom. The van der Waals surface area contributed by atoms with E-state index in [1.54, 1.807) is 24.3 Å². The van der Waals surface area contributed by atoms with Crippen molar-refractivity contribution in [2.45, 2.75) is 13.8 Å². The third kappa shape index (κ3) is 3.92. The lowest BCUT2D eigenvalue weighted by Gasteiger charge is -2.10. The fourth-order valence-corrected chi connectivity index (χ4v) is 1.95. The molecule has 1 amide bonds. The fraction of sp³-hybridized carbons (Fsp3) is 0.176. The minimum absolute atomic E-state index is 0.208. The number of benzene rings is 2. The molecule has 0 unspecified atom stereocenters. The third-order valence-electron chi connectivity index (χ3n) is 3.07. The topological polar surface area (TPSA) is 67.5 Å². The predicted molar refractivity (Wildman–Crippen MR) is 86.1 cm³/mol. The van der Waals surface area contributed by atoms with Crippen LogP contribution in [0, 0.1) is 5.92 Å². The molecule has 2 aromatic rings. The van der Waals surface area contributed by atoms with Gasteiger partial charge >= 0.3 is 0 Å². The molecule has 0 radical (unpaired) electrons. The Bertz CT molecular complexity index is 631. The van der Waals surface area contributed by atoms with Crippen molar-refractivity contribution in [1.82, 2.24) is 5.43 Å². The standard InChI is InChI=1S/C17H19N3O/c1-12(2)16(13-6-4-3-5-7-13)19-20-17(21)14-8-10-15(18)11-9-14/h3-12H,18H2,1-2H3,(H,20,21). The normalized spacial score (nSPS) is 11.5. The van der Waals surface area contributed by atoms with E-state index in [-0.39, 0.29) is 11.8 Å². The first-order valence-corrected chi connectivity index (χ1v) is 6.87. The Kier molecular flexibility index (Phi) is 4.72. The van der Waals surface area contributed by atoms with Crippen LogP contribution >= 0.6 is 0 Å². The number of amides is 1. The van der Waals surface area contributed by atoms with Gasteiger partial charge in [0.1, 0.15) is 0 Å². The van der Waals surface area contributed by atoms with Gasteiger partial charge in [0.15, 0.2) is 0 Å². The molecule has 0 aliphatic rings. The molecule has 2 rings (SSSR count). The van der Waals surface area contributed by atoms with Crippen molar-refractivity contribution in [3.63, 3.8) is 0 Å². The number of rotatable bonds is 4. The molecule has 0 aromatic heterocycles. The van der Waals surface area contributed by atoms with Gasteiger partial charge in [-0.1, -0.05) is 44.2 Å². The van der Waals surface area contributed by atoms with Gasteiger partial charge in [0.25, 0.3) is 5.91 Å². The van der Waals surface area contributed by atoms with Crippen LogP contribution in [-0.2, 0) is 0 Å². The molecular formula is C17H19N3O. The number of nitrogens with zero attached hydrogens (tertiary/aromatic N) is 1. The van der Waals surface area contributed by atoms with Gasteiger partial charge in [-0.15, -0.1) is 0 Å². The molecule has 0 atom stereocenters. The second-order valence-corrected chi connectivity index (χ2v) is 5.08. The summed E-state index contributed by atoms with van der Waals surface area (Å²) >= 11 is 0. The van der Waals surface area contributed by atoms with Gasteiger partial charge in [-0.25, -0.2) is 5.43 Å². The summed E-state index contributed by atoms with van der Waals surface area (Å²) in [5.41, 5.74) is 11.2. The Labute approximate surface area is 124 Å². The highest BCUT2D eigenvalue weighted by atomic mass is 16.2. The molecule has 0 bridgehead atoms. The molecule has 0 aliphatic heterocycles. The number of hydrogen-bond donors (Lipinski definition) is 2. The SMILES string of the molecule is CC(C)C(=NNC(=O)c1ccc(N)cc1)c1ccccc1. The minimum Gasteiger partial charge on any atom is -0.399 e. The van der Waals surface area contributed by atoms with E-state index >= 15 is 0 Å². The fourth-order valence-electron chi connectivity index (χ4n) is 1.95. The molecule has 0 saturated heterocycles.